The van der Waals surface area contributed by atoms with Gasteiger partial charge in [-0.1, -0.05) is 24.3 Å². The topological polar surface area (TPSA) is 68.8 Å². The fourth-order valence-electron chi connectivity index (χ4n) is 3.07. The van der Waals surface area contributed by atoms with Crippen LogP contribution in [0.2, 0.25) is 0 Å². The lowest BCUT2D eigenvalue weighted by atomic mass is 9.99. The molecule has 2 aromatic carbocycles. The molecule has 0 radical (unpaired) electrons. The van der Waals surface area contributed by atoms with Crippen molar-refractivity contribution < 1.29 is 19.0 Å². The molecule has 0 spiro atoms. The van der Waals surface area contributed by atoms with Crippen LogP contribution in [0, 0.1) is 5.92 Å². The summed E-state index contributed by atoms with van der Waals surface area (Å²) < 4.78 is 16.7. The van der Waals surface area contributed by atoms with Crippen LogP contribution in [0.1, 0.15) is 19.3 Å². The van der Waals surface area contributed by atoms with Crippen LogP contribution in [0.4, 0.5) is 10.5 Å². The first-order chi connectivity index (χ1) is 13.3. The number of ether oxygens (including phenoxy) is 3. The van der Waals surface area contributed by atoms with Crippen molar-refractivity contribution in [3.05, 3.63) is 48.5 Å². The van der Waals surface area contributed by atoms with E-state index < -0.39 is 0 Å². The SMILES string of the molecule is COc1ccccc1Oc1ccccc1NC(=O)NCCC1CCCOC1. The molecular formula is C21H26N2O4. The number of urea groups is 1. The monoisotopic (exact) mass is 370 g/mol. The lowest BCUT2D eigenvalue weighted by molar-refractivity contribution is 0.0520. The van der Waals surface area contributed by atoms with Gasteiger partial charge in [0.2, 0.25) is 0 Å². The Morgan fingerprint density at radius 3 is 2.59 bits per heavy atom. The summed E-state index contributed by atoms with van der Waals surface area (Å²) in [7, 11) is 1.59. The average Bonchev–Trinajstić information content (AvgIpc) is 2.71. The average molecular weight is 370 g/mol. The molecule has 27 heavy (non-hydrogen) atoms. The predicted molar refractivity (Wildman–Crippen MR) is 105 cm³/mol. The number of amides is 2. The molecule has 2 aromatic rings. The Hall–Kier alpha value is -2.73. The molecule has 1 heterocycles. The van der Waals surface area contributed by atoms with Crippen molar-refractivity contribution >= 4 is 11.7 Å². The second-order valence-corrected chi connectivity index (χ2v) is 6.50. The highest BCUT2D eigenvalue weighted by atomic mass is 16.5. The summed E-state index contributed by atoms with van der Waals surface area (Å²) in [5.41, 5.74) is 0.599. The zero-order chi connectivity index (χ0) is 18.9. The molecule has 144 valence electrons. The van der Waals surface area contributed by atoms with Gasteiger partial charge >= 0.3 is 6.03 Å². The van der Waals surface area contributed by atoms with Gasteiger partial charge in [0.1, 0.15) is 0 Å². The second-order valence-electron chi connectivity index (χ2n) is 6.50. The number of methoxy groups -OCH3 is 1. The number of hydrogen-bond acceptors (Lipinski definition) is 4. The predicted octanol–water partition coefficient (Wildman–Crippen LogP) is 4.43. The standard InChI is InChI=1S/C21H26N2O4/c1-25-19-10-4-5-11-20(19)27-18-9-3-2-8-17(18)23-21(24)22-13-12-16-7-6-14-26-15-16/h2-5,8-11,16H,6-7,12-15H2,1H3,(H2,22,23,24). The Kier molecular flexibility index (Phi) is 6.93. The number of hydrogen-bond donors (Lipinski definition) is 2. The van der Waals surface area contributed by atoms with E-state index in [0.717, 1.165) is 26.1 Å². The van der Waals surface area contributed by atoms with Crippen LogP contribution < -0.4 is 20.1 Å². The van der Waals surface area contributed by atoms with E-state index in [-0.39, 0.29) is 6.03 Å². The minimum atomic E-state index is -0.247. The van der Waals surface area contributed by atoms with E-state index in [1.54, 1.807) is 19.2 Å². The maximum atomic E-state index is 12.2. The molecule has 1 saturated heterocycles. The maximum absolute atomic E-state index is 12.2. The van der Waals surface area contributed by atoms with Crippen molar-refractivity contribution in [3.63, 3.8) is 0 Å². The maximum Gasteiger partial charge on any atom is 0.319 e. The summed E-state index contributed by atoms with van der Waals surface area (Å²) in [6.45, 7) is 2.27. The minimum Gasteiger partial charge on any atom is -0.493 e. The first kappa shape index (κ1) is 19.0. The molecular weight excluding hydrogens is 344 g/mol. The molecule has 6 nitrogen and oxygen atoms in total. The van der Waals surface area contributed by atoms with Crippen molar-refractivity contribution in [1.29, 1.82) is 0 Å². The van der Waals surface area contributed by atoms with E-state index in [4.69, 9.17) is 14.2 Å². The summed E-state index contributed by atoms with van der Waals surface area (Å²) >= 11 is 0. The Labute approximate surface area is 159 Å². The Bertz CT molecular complexity index is 744. The third kappa shape index (κ3) is 5.62. The van der Waals surface area contributed by atoms with Gasteiger partial charge in [-0.2, -0.15) is 0 Å². The zero-order valence-electron chi connectivity index (χ0n) is 15.6. The highest BCUT2D eigenvalue weighted by Gasteiger charge is 2.14. The molecule has 1 unspecified atom stereocenters. The van der Waals surface area contributed by atoms with Crippen molar-refractivity contribution in [2.75, 3.05) is 32.2 Å². The molecule has 2 amide bonds. The van der Waals surface area contributed by atoms with E-state index in [1.807, 2.05) is 36.4 Å². The van der Waals surface area contributed by atoms with Crippen molar-refractivity contribution in [2.24, 2.45) is 5.92 Å². The van der Waals surface area contributed by atoms with Crippen LogP contribution in [-0.4, -0.2) is 32.9 Å². The number of carbonyl (C=O) groups is 1. The summed E-state index contributed by atoms with van der Waals surface area (Å²) in [5, 5.41) is 5.77. The summed E-state index contributed by atoms with van der Waals surface area (Å²) in [5.74, 6) is 2.30. The molecule has 0 bridgehead atoms. The fraction of sp³-hybridized carbons (Fsp3) is 0.381. The highest BCUT2D eigenvalue weighted by molar-refractivity contribution is 5.90. The smallest absolute Gasteiger partial charge is 0.319 e. The molecule has 1 aliphatic rings. The number of para-hydroxylation sites is 4. The zero-order valence-corrected chi connectivity index (χ0v) is 15.6. The fourth-order valence-corrected chi connectivity index (χ4v) is 3.07. The van der Waals surface area contributed by atoms with Gasteiger partial charge in [-0.15, -0.1) is 0 Å². The van der Waals surface area contributed by atoms with Gasteiger partial charge in [-0.25, -0.2) is 4.79 Å². The van der Waals surface area contributed by atoms with Gasteiger partial charge in [-0.05, 0) is 49.4 Å². The Morgan fingerprint density at radius 2 is 1.85 bits per heavy atom. The number of rotatable bonds is 7. The summed E-state index contributed by atoms with van der Waals surface area (Å²) in [6.07, 6.45) is 3.19. The van der Waals surface area contributed by atoms with Crippen LogP contribution in [-0.2, 0) is 4.74 Å². The van der Waals surface area contributed by atoms with Crippen molar-refractivity contribution in [3.8, 4) is 17.2 Å². The van der Waals surface area contributed by atoms with Gasteiger partial charge in [-0.3, -0.25) is 0 Å². The van der Waals surface area contributed by atoms with Gasteiger partial charge in [0, 0.05) is 19.8 Å². The first-order valence-electron chi connectivity index (χ1n) is 9.29. The van der Waals surface area contributed by atoms with E-state index in [0.29, 0.717) is 35.4 Å². The van der Waals surface area contributed by atoms with Crippen LogP contribution in [0.25, 0.3) is 0 Å². The molecule has 1 atom stereocenters. The van der Waals surface area contributed by atoms with Crippen LogP contribution in [0.3, 0.4) is 0 Å². The molecule has 0 aromatic heterocycles. The van der Waals surface area contributed by atoms with E-state index >= 15 is 0 Å². The largest absolute Gasteiger partial charge is 0.493 e. The van der Waals surface area contributed by atoms with Crippen LogP contribution in [0.5, 0.6) is 17.2 Å². The van der Waals surface area contributed by atoms with Gasteiger partial charge in [0.25, 0.3) is 0 Å². The number of carbonyl (C=O) groups excluding carboxylic acids is 1. The van der Waals surface area contributed by atoms with Gasteiger partial charge in [0.05, 0.1) is 12.8 Å². The summed E-state index contributed by atoms with van der Waals surface area (Å²) in [6, 6.07) is 14.5. The normalized spacial score (nSPS) is 16.4. The van der Waals surface area contributed by atoms with Crippen LogP contribution >= 0.6 is 0 Å². The van der Waals surface area contributed by atoms with Gasteiger partial charge < -0.3 is 24.8 Å². The molecule has 1 aliphatic heterocycles. The lowest BCUT2D eigenvalue weighted by Gasteiger charge is -2.22. The minimum absolute atomic E-state index is 0.247. The molecule has 3 rings (SSSR count). The molecule has 0 saturated carbocycles. The second kappa shape index (κ2) is 9.83. The third-order valence-corrected chi connectivity index (χ3v) is 4.52. The first-order valence-corrected chi connectivity index (χ1v) is 9.29. The molecule has 2 N–H and O–H groups in total. The van der Waals surface area contributed by atoms with Gasteiger partial charge in [0.15, 0.2) is 17.2 Å². The Morgan fingerprint density at radius 1 is 1.11 bits per heavy atom. The lowest BCUT2D eigenvalue weighted by Crippen LogP contribution is -2.31. The number of nitrogens with one attached hydrogen (secondary N) is 2. The number of benzene rings is 2. The summed E-state index contributed by atoms with van der Waals surface area (Å²) in [4.78, 5) is 12.2. The molecule has 6 heteroatoms. The third-order valence-electron chi connectivity index (χ3n) is 4.52. The van der Waals surface area contributed by atoms with E-state index in [2.05, 4.69) is 10.6 Å². The quantitative estimate of drug-likeness (QED) is 0.757. The van der Waals surface area contributed by atoms with Crippen molar-refractivity contribution in [1.82, 2.24) is 5.32 Å². The highest BCUT2D eigenvalue weighted by Crippen LogP contribution is 2.34. The number of anilines is 1. The molecule has 1 fully saturated rings. The molecule has 0 aliphatic carbocycles. The Balaban J connectivity index is 1.56. The van der Waals surface area contributed by atoms with E-state index in [9.17, 15) is 4.79 Å². The van der Waals surface area contributed by atoms with Crippen LogP contribution in [0.15, 0.2) is 48.5 Å². The van der Waals surface area contributed by atoms with Crippen molar-refractivity contribution in [2.45, 2.75) is 19.3 Å². The van der Waals surface area contributed by atoms with E-state index in [1.165, 1.54) is 6.42 Å².